The number of amides is 1. The predicted octanol–water partition coefficient (Wildman–Crippen LogP) is 6.63. The maximum atomic E-state index is 12.8. The van der Waals surface area contributed by atoms with Crippen LogP contribution in [0.25, 0.3) is 11.1 Å². The number of aliphatic carboxylic acids is 1. The number of alkyl carbamates (subject to hydrolysis) is 1. The first kappa shape index (κ1) is 25.1. The molecular weight excluding hydrogens is 478 g/mol. The number of benzene rings is 4. The topological polar surface area (TPSA) is 84.9 Å². The number of nitrogens with one attached hydrogen (secondary N) is 1. The van der Waals surface area contributed by atoms with Crippen LogP contribution in [0.1, 0.15) is 33.7 Å². The van der Waals surface area contributed by atoms with Crippen molar-refractivity contribution in [1.29, 1.82) is 0 Å². The average Bonchev–Trinajstić information content (AvgIpc) is 3.21. The summed E-state index contributed by atoms with van der Waals surface area (Å²) in [5, 5.41) is 12.4. The van der Waals surface area contributed by atoms with E-state index < -0.39 is 18.1 Å². The van der Waals surface area contributed by atoms with Crippen LogP contribution in [-0.4, -0.2) is 29.8 Å². The molecule has 0 fully saturated rings. The number of carbonyl (C=O) groups is 2. The van der Waals surface area contributed by atoms with Gasteiger partial charge in [-0.3, -0.25) is 0 Å². The Hall–Kier alpha value is -4.58. The normalized spacial score (nSPS) is 12.8. The van der Waals surface area contributed by atoms with Gasteiger partial charge >= 0.3 is 12.1 Å². The Morgan fingerprint density at radius 2 is 1.42 bits per heavy atom. The lowest BCUT2D eigenvalue weighted by atomic mass is 9.98. The molecule has 0 radical (unpaired) electrons. The largest absolute Gasteiger partial charge is 0.480 e. The summed E-state index contributed by atoms with van der Waals surface area (Å²) in [4.78, 5) is 24.8. The van der Waals surface area contributed by atoms with E-state index >= 15 is 0 Å². The first-order chi connectivity index (χ1) is 18.4. The fourth-order valence-electron chi connectivity index (χ4n) is 5.09. The summed E-state index contributed by atoms with van der Waals surface area (Å²) in [5.41, 5.74) is 7.23. The van der Waals surface area contributed by atoms with Crippen LogP contribution < -0.4 is 10.1 Å². The van der Waals surface area contributed by atoms with E-state index in [1.165, 1.54) is 0 Å². The lowest BCUT2D eigenvalue weighted by Gasteiger charge is -2.19. The second-order valence-electron chi connectivity index (χ2n) is 9.60. The lowest BCUT2D eigenvalue weighted by Crippen LogP contribution is -2.43. The van der Waals surface area contributed by atoms with Crippen LogP contribution in [0.15, 0.2) is 91.0 Å². The van der Waals surface area contributed by atoms with Crippen molar-refractivity contribution in [3.63, 3.8) is 0 Å². The third kappa shape index (κ3) is 5.39. The van der Waals surface area contributed by atoms with Crippen molar-refractivity contribution >= 4 is 12.1 Å². The van der Waals surface area contributed by atoms with E-state index in [0.717, 1.165) is 33.4 Å². The molecule has 38 heavy (non-hydrogen) atoms. The Labute approximate surface area is 221 Å². The van der Waals surface area contributed by atoms with Crippen molar-refractivity contribution in [2.75, 3.05) is 6.61 Å². The van der Waals surface area contributed by atoms with Crippen LogP contribution in [0.2, 0.25) is 0 Å². The Morgan fingerprint density at radius 3 is 2.05 bits per heavy atom. The molecule has 4 aromatic carbocycles. The van der Waals surface area contributed by atoms with Crippen LogP contribution >= 0.6 is 0 Å². The Kier molecular flexibility index (Phi) is 7.13. The molecule has 1 aliphatic carbocycles. The van der Waals surface area contributed by atoms with E-state index in [0.29, 0.717) is 17.1 Å². The first-order valence-corrected chi connectivity index (χ1v) is 12.6. The van der Waals surface area contributed by atoms with Crippen molar-refractivity contribution in [1.82, 2.24) is 5.32 Å². The molecule has 1 aliphatic rings. The van der Waals surface area contributed by atoms with Gasteiger partial charge in [0, 0.05) is 12.3 Å². The molecule has 1 unspecified atom stereocenters. The second-order valence-corrected chi connectivity index (χ2v) is 9.60. The molecular formula is C32H29NO5. The van der Waals surface area contributed by atoms with Gasteiger partial charge in [0.05, 0.1) is 0 Å². The number of fused-ring (bicyclic) bond motifs is 3. The molecule has 6 heteroatoms. The summed E-state index contributed by atoms with van der Waals surface area (Å²) in [6, 6.07) is 28.1. The van der Waals surface area contributed by atoms with E-state index in [4.69, 9.17) is 9.47 Å². The third-order valence-corrected chi connectivity index (χ3v) is 6.75. The molecule has 6 nitrogen and oxygen atoms in total. The molecule has 192 valence electrons. The maximum absolute atomic E-state index is 12.8. The molecule has 0 aliphatic heterocycles. The number of carboxylic acids is 1. The maximum Gasteiger partial charge on any atom is 0.407 e. The van der Waals surface area contributed by atoms with Gasteiger partial charge in [0.15, 0.2) is 0 Å². The standard InChI is InChI=1S/C32H29NO5/c1-20-15-21(2)17-23(16-20)38-30-14-8-3-9-22(30)18-29(31(34)35)33-32(36)37-19-28-26-12-6-4-10-24(26)25-11-5-7-13-27(25)28/h3-17,28-29H,18-19H2,1-2H3,(H,33,36)(H,34,35). The molecule has 0 saturated carbocycles. The van der Waals surface area contributed by atoms with E-state index in [2.05, 4.69) is 23.5 Å². The number of hydrogen-bond donors (Lipinski definition) is 2. The number of carbonyl (C=O) groups excluding carboxylic acids is 1. The van der Waals surface area contributed by atoms with Crippen LogP contribution in [0, 0.1) is 13.8 Å². The van der Waals surface area contributed by atoms with Crippen LogP contribution in [0.5, 0.6) is 11.5 Å². The molecule has 5 rings (SSSR count). The highest BCUT2D eigenvalue weighted by Gasteiger charge is 2.30. The highest BCUT2D eigenvalue weighted by Crippen LogP contribution is 2.44. The van der Waals surface area contributed by atoms with Crippen molar-refractivity contribution in [3.05, 3.63) is 119 Å². The lowest BCUT2D eigenvalue weighted by molar-refractivity contribution is -0.139. The molecule has 1 atom stereocenters. The van der Waals surface area contributed by atoms with Gasteiger partial charge < -0.3 is 19.9 Å². The number of ether oxygens (including phenoxy) is 2. The summed E-state index contributed by atoms with van der Waals surface area (Å²) in [7, 11) is 0. The van der Waals surface area contributed by atoms with E-state index in [-0.39, 0.29) is 18.9 Å². The third-order valence-electron chi connectivity index (χ3n) is 6.75. The molecule has 0 saturated heterocycles. The smallest absolute Gasteiger partial charge is 0.407 e. The van der Waals surface area contributed by atoms with Gasteiger partial charge in [-0.1, -0.05) is 72.8 Å². The molecule has 1 amide bonds. The van der Waals surface area contributed by atoms with E-state index in [9.17, 15) is 14.7 Å². The number of para-hydroxylation sites is 1. The van der Waals surface area contributed by atoms with Gasteiger partial charge in [-0.15, -0.1) is 0 Å². The molecule has 2 N–H and O–H groups in total. The molecule has 0 bridgehead atoms. The summed E-state index contributed by atoms with van der Waals surface area (Å²) in [6.45, 7) is 4.09. The van der Waals surface area contributed by atoms with Crippen LogP contribution in [-0.2, 0) is 16.0 Å². The highest BCUT2D eigenvalue weighted by molar-refractivity contribution is 5.81. The van der Waals surface area contributed by atoms with Gasteiger partial charge in [-0.25, -0.2) is 9.59 Å². The number of rotatable bonds is 8. The Morgan fingerprint density at radius 1 is 0.842 bits per heavy atom. The van der Waals surface area contributed by atoms with Gasteiger partial charge in [0.1, 0.15) is 24.1 Å². The van der Waals surface area contributed by atoms with Gasteiger partial charge in [0.2, 0.25) is 0 Å². The number of carboxylic acid groups (broad SMARTS) is 1. The SMILES string of the molecule is Cc1cc(C)cc(Oc2ccccc2CC(NC(=O)OCC2c3ccccc3-c3ccccc32)C(=O)O)c1. The van der Waals surface area contributed by atoms with Crippen molar-refractivity contribution in [2.45, 2.75) is 32.2 Å². The van der Waals surface area contributed by atoms with Crippen molar-refractivity contribution in [3.8, 4) is 22.6 Å². The minimum absolute atomic E-state index is 0.0422. The quantitative estimate of drug-likeness (QED) is 0.280. The Balaban J connectivity index is 1.27. The minimum atomic E-state index is -1.19. The summed E-state index contributed by atoms with van der Waals surface area (Å²) in [6.07, 6.45) is -0.729. The van der Waals surface area contributed by atoms with E-state index in [1.54, 1.807) is 12.1 Å². The molecule has 0 spiro atoms. The molecule has 4 aromatic rings. The zero-order valence-electron chi connectivity index (χ0n) is 21.3. The van der Waals surface area contributed by atoms with E-state index in [1.807, 2.05) is 74.5 Å². The first-order valence-electron chi connectivity index (χ1n) is 12.6. The molecule has 0 heterocycles. The fraction of sp³-hybridized carbons (Fsp3) is 0.188. The summed E-state index contributed by atoms with van der Waals surface area (Å²) < 4.78 is 11.7. The van der Waals surface area contributed by atoms with Crippen molar-refractivity contribution < 1.29 is 24.2 Å². The van der Waals surface area contributed by atoms with Gasteiger partial charge in [-0.2, -0.15) is 0 Å². The van der Waals surface area contributed by atoms with Gasteiger partial charge in [-0.05, 0) is 71.0 Å². The zero-order chi connectivity index (χ0) is 26.6. The van der Waals surface area contributed by atoms with Crippen LogP contribution in [0.4, 0.5) is 4.79 Å². The zero-order valence-corrected chi connectivity index (χ0v) is 21.3. The summed E-state index contributed by atoms with van der Waals surface area (Å²) >= 11 is 0. The number of hydrogen-bond acceptors (Lipinski definition) is 4. The van der Waals surface area contributed by atoms with Gasteiger partial charge in [0.25, 0.3) is 0 Å². The molecule has 0 aromatic heterocycles. The second kappa shape index (κ2) is 10.8. The monoisotopic (exact) mass is 507 g/mol. The van der Waals surface area contributed by atoms with Crippen LogP contribution in [0.3, 0.4) is 0 Å². The summed E-state index contributed by atoms with van der Waals surface area (Å²) in [5.74, 6) is -0.0487. The highest BCUT2D eigenvalue weighted by atomic mass is 16.5. The predicted molar refractivity (Wildman–Crippen MR) is 146 cm³/mol. The fourth-order valence-corrected chi connectivity index (χ4v) is 5.09. The number of aryl methyl sites for hydroxylation is 2. The van der Waals surface area contributed by atoms with Crippen molar-refractivity contribution in [2.24, 2.45) is 0 Å². The average molecular weight is 508 g/mol. The minimum Gasteiger partial charge on any atom is -0.480 e. The Bertz CT molecular complexity index is 1430.